The standard InChI is InChI=1S/C12H26N2S/c1-14(2)10-6-9-13-11-12(15-3)7-4-5-8-12/h13H,4-11H2,1-3H3. The molecule has 1 rings (SSSR count). The summed E-state index contributed by atoms with van der Waals surface area (Å²) in [5.74, 6) is 0. The highest BCUT2D eigenvalue weighted by Gasteiger charge is 2.32. The van der Waals surface area contributed by atoms with Crippen LogP contribution < -0.4 is 5.32 Å². The average Bonchev–Trinajstić information content (AvgIpc) is 2.66. The van der Waals surface area contributed by atoms with Gasteiger partial charge in [0.1, 0.15) is 0 Å². The van der Waals surface area contributed by atoms with Gasteiger partial charge in [-0.15, -0.1) is 0 Å². The van der Waals surface area contributed by atoms with E-state index >= 15 is 0 Å². The molecule has 0 radical (unpaired) electrons. The van der Waals surface area contributed by atoms with Crippen molar-refractivity contribution in [1.29, 1.82) is 0 Å². The van der Waals surface area contributed by atoms with Crippen molar-refractivity contribution in [2.75, 3.05) is 40.0 Å². The molecule has 0 aromatic heterocycles. The fraction of sp³-hybridized carbons (Fsp3) is 1.00. The fourth-order valence-electron chi connectivity index (χ4n) is 2.31. The Labute approximate surface area is 99.2 Å². The second kappa shape index (κ2) is 6.77. The maximum absolute atomic E-state index is 3.63. The second-order valence-electron chi connectivity index (χ2n) is 4.93. The van der Waals surface area contributed by atoms with E-state index < -0.39 is 0 Å². The minimum atomic E-state index is 0.568. The molecule has 2 nitrogen and oxygen atoms in total. The monoisotopic (exact) mass is 230 g/mol. The largest absolute Gasteiger partial charge is 0.315 e. The first-order chi connectivity index (χ1) is 7.18. The van der Waals surface area contributed by atoms with Crippen LogP contribution in [-0.2, 0) is 0 Å². The summed E-state index contributed by atoms with van der Waals surface area (Å²) in [6, 6.07) is 0. The van der Waals surface area contributed by atoms with E-state index in [4.69, 9.17) is 0 Å². The van der Waals surface area contributed by atoms with E-state index in [1.807, 2.05) is 0 Å². The van der Waals surface area contributed by atoms with Crippen molar-refractivity contribution in [3.8, 4) is 0 Å². The molecule has 1 fully saturated rings. The number of nitrogens with zero attached hydrogens (tertiary/aromatic N) is 1. The molecule has 1 aliphatic rings. The lowest BCUT2D eigenvalue weighted by Crippen LogP contribution is -2.36. The van der Waals surface area contributed by atoms with Gasteiger partial charge < -0.3 is 10.2 Å². The van der Waals surface area contributed by atoms with Crippen LogP contribution in [0, 0.1) is 0 Å². The van der Waals surface area contributed by atoms with Crippen molar-refractivity contribution in [3.63, 3.8) is 0 Å². The quantitative estimate of drug-likeness (QED) is 0.675. The van der Waals surface area contributed by atoms with E-state index in [9.17, 15) is 0 Å². The number of nitrogens with one attached hydrogen (secondary N) is 1. The molecule has 0 aromatic carbocycles. The van der Waals surface area contributed by atoms with Crippen molar-refractivity contribution in [2.45, 2.75) is 36.9 Å². The third-order valence-corrected chi connectivity index (χ3v) is 4.77. The third-order valence-electron chi connectivity index (χ3n) is 3.35. The molecule has 0 saturated heterocycles. The highest BCUT2D eigenvalue weighted by Crippen LogP contribution is 2.39. The first-order valence-corrected chi connectivity index (χ1v) is 7.32. The van der Waals surface area contributed by atoms with E-state index in [1.54, 1.807) is 0 Å². The lowest BCUT2D eigenvalue weighted by atomic mass is 10.1. The lowest BCUT2D eigenvalue weighted by molar-refractivity contribution is 0.391. The molecule has 1 aliphatic carbocycles. The number of hydrogen-bond acceptors (Lipinski definition) is 3. The van der Waals surface area contributed by atoms with E-state index in [1.165, 1.54) is 51.7 Å². The Hall–Kier alpha value is 0.270. The zero-order valence-electron chi connectivity index (χ0n) is 10.5. The van der Waals surface area contributed by atoms with E-state index in [0.29, 0.717) is 4.75 Å². The average molecular weight is 230 g/mol. The van der Waals surface area contributed by atoms with Crippen LogP contribution in [-0.4, -0.2) is 49.6 Å². The lowest BCUT2D eigenvalue weighted by Gasteiger charge is -2.27. The topological polar surface area (TPSA) is 15.3 Å². The Kier molecular flexibility index (Phi) is 6.02. The molecule has 0 unspecified atom stereocenters. The maximum Gasteiger partial charge on any atom is 0.0281 e. The van der Waals surface area contributed by atoms with E-state index in [0.717, 1.165) is 0 Å². The maximum atomic E-state index is 3.63. The summed E-state index contributed by atoms with van der Waals surface area (Å²) >= 11 is 2.07. The van der Waals surface area contributed by atoms with Crippen molar-refractivity contribution >= 4 is 11.8 Å². The summed E-state index contributed by atoms with van der Waals surface area (Å²) in [4.78, 5) is 2.25. The molecule has 1 saturated carbocycles. The van der Waals surface area contributed by atoms with E-state index in [2.05, 4.69) is 42.3 Å². The van der Waals surface area contributed by atoms with Crippen LogP contribution in [0.15, 0.2) is 0 Å². The summed E-state index contributed by atoms with van der Waals surface area (Å²) in [5.41, 5.74) is 0. The smallest absolute Gasteiger partial charge is 0.0281 e. The van der Waals surface area contributed by atoms with Gasteiger partial charge in [-0.25, -0.2) is 0 Å². The van der Waals surface area contributed by atoms with Crippen LogP contribution in [0.4, 0.5) is 0 Å². The Morgan fingerprint density at radius 1 is 1.27 bits per heavy atom. The molecule has 0 spiro atoms. The molecular weight excluding hydrogens is 204 g/mol. The zero-order chi connectivity index (χ0) is 11.1. The summed E-state index contributed by atoms with van der Waals surface area (Å²) in [6.45, 7) is 3.57. The normalized spacial score (nSPS) is 20.0. The van der Waals surface area contributed by atoms with Gasteiger partial charge in [-0.1, -0.05) is 12.8 Å². The Morgan fingerprint density at radius 2 is 1.93 bits per heavy atom. The van der Waals surface area contributed by atoms with Gasteiger partial charge in [0.25, 0.3) is 0 Å². The van der Waals surface area contributed by atoms with Gasteiger partial charge in [0.05, 0.1) is 0 Å². The van der Waals surface area contributed by atoms with Crippen LogP contribution in [0.5, 0.6) is 0 Å². The molecule has 15 heavy (non-hydrogen) atoms. The molecule has 1 N–H and O–H groups in total. The van der Waals surface area contributed by atoms with Crippen LogP contribution in [0.2, 0.25) is 0 Å². The van der Waals surface area contributed by atoms with Gasteiger partial charge in [0.15, 0.2) is 0 Å². The van der Waals surface area contributed by atoms with Crippen molar-refractivity contribution in [3.05, 3.63) is 0 Å². The summed E-state index contributed by atoms with van der Waals surface area (Å²) in [6.07, 6.45) is 9.22. The first kappa shape index (κ1) is 13.3. The van der Waals surface area contributed by atoms with Crippen LogP contribution in [0.1, 0.15) is 32.1 Å². The SMILES string of the molecule is CSC1(CNCCCN(C)C)CCCC1. The number of rotatable bonds is 7. The van der Waals surface area contributed by atoms with Gasteiger partial charge in [0.2, 0.25) is 0 Å². The summed E-state index contributed by atoms with van der Waals surface area (Å²) < 4.78 is 0.568. The number of thioether (sulfide) groups is 1. The molecule has 0 bridgehead atoms. The van der Waals surface area contributed by atoms with E-state index in [-0.39, 0.29) is 0 Å². The Balaban J connectivity index is 2.07. The highest BCUT2D eigenvalue weighted by molar-refractivity contribution is 8.00. The van der Waals surface area contributed by atoms with Gasteiger partial charge in [-0.05, 0) is 52.7 Å². The Morgan fingerprint density at radius 3 is 2.47 bits per heavy atom. The first-order valence-electron chi connectivity index (χ1n) is 6.09. The predicted molar refractivity (Wildman–Crippen MR) is 70.8 cm³/mol. The summed E-state index contributed by atoms with van der Waals surface area (Å²) in [7, 11) is 4.28. The van der Waals surface area contributed by atoms with Gasteiger partial charge in [-0.3, -0.25) is 0 Å². The van der Waals surface area contributed by atoms with Crippen LogP contribution in [0.25, 0.3) is 0 Å². The predicted octanol–water partition coefficient (Wildman–Crippen LogP) is 2.20. The Bertz CT molecular complexity index is 165. The minimum Gasteiger partial charge on any atom is -0.315 e. The van der Waals surface area contributed by atoms with Crippen molar-refractivity contribution < 1.29 is 0 Å². The molecule has 0 atom stereocenters. The molecule has 0 amide bonds. The van der Waals surface area contributed by atoms with Gasteiger partial charge >= 0.3 is 0 Å². The van der Waals surface area contributed by atoms with Crippen LogP contribution >= 0.6 is 11.8 Å². The van der Waals surface area contributed by atoms with Gasteiger partial charge in [0, 0.05) is 11.3 Å². The van der Waals surface area contributed by atoms with Crippen LogP contribution in [0.3, 0.4) is 0 Å². The van der Waals surface area contributed by atoms with Crippen molar-refractivity contribution in [1.82, 2.24) is 10.2 Å². The molecule has 0 aromatic rings. The minimum absolute atomic E-state index is 0.568. The molecule has 90 valence electrons. The third kappa shape index (κ3) is 4.75. The fourth-order valence-corrected chi connectivity index (χ4v) is 3.25. The molecule has 3 heteroatoms. The zero-order valence-corrected chi connectivity index (χ0v) is 11.3. The number of hydrogen-bond donors (Lipinski definition) is 1. The second-order valence-corrected chi connectivity index (χ2v) is 6.20. The van der Waals surface area contributed by atoms with Crippen molar-refractivity contribution in [2.24, 2.45) is 0 Å². The molecule has 0 aliphatic heterocycles. The van der Waals surface area contributed by atoms with Gasteiger partial charge in [-0.2, -0.15) is 11.8 Å². The summed E-state index contributed by atoms with van der Waals surface area (Å²) in [5, 5.41) is 3.63. The highest BCUT2D eigenvalue weighted by atomic mass is 32.2. The molecule has 0 heterocycles. The molecular formula is C12H26N2S.